The Labute approximate surface area is 108 Å². The minimum Gasteiger partial charge on any atom is -0.299 e. The summed E-state index contributed by atoms with van der Waals surface area (Å²) in [6.45, 7) is 8.19. The molecule has 0 aromatic heterocycles. The fourth-order valence-electron chi connectivity index (χ4n) is 1.66. The van der Waals surface area contributed by atoms with Crippen LogP contribution in [0.1, 0.15) is 79.1 Å². The molecule has 0 unspecified atom stereocenters. The molecule has 0 atom stereocenters. The quantitative estimate of drug-likeness (QED) is 0.393. The topological polar surface area (TPSA) is 17.1 Å². The standard InChI is InChI=1S/C16H30O/c1-5-6-7-8-9-10-11-12-13-14-15(17)16(2,3)4/h12-13H,5-11,14H2,1-4H3/b13-12+. The fourth-order valence-corrected chi connectivity index (χ4v) is 1.66. The molecular formula is C16H30O. The van der Waals surface area contributed by atoms with Crippen LogP contribution in [-0.2, 0) is 4.79 Å². The Kier molecular flexibility index (Phi) is 9.11. The van der Waals surface area contributed by atoms with Crippen molar-refractivity contribution in [2.45, 2.75) is 79.1 Å². The molecule has 100 valence electrons. The summed E-state index contributed by atoms with van der Waals surface area (Å²) < 4.78 is 0. The summed E-state index contributed by atoms with van der Waals surface area (Å²) >= 11 is 0. The van der Waals surface area contributed by atoms with Crippen molar-refractivity contribution in [1.29, 1.82) is 0 Å². The molecule has 0 rings (SSSR count). The van der Waals surface area contributed by atoms with Gasteiger partial charge in [-0.1, -0.05) is 72.0 Å². The zero-order valence-electron chi connectivity index (χ0n) is 12.2. The molecular weight excluding hydrogens is 208 g/mol. The van der Waals surface area contributed by atoms with Crippen molar-refractivity contribution in [3.63, 3.8) is 0 Å². The third-order valence-corrected chi connectivity index (χ3v) is 3.03. The number of hydrogen-bond donors (Lipinski definition) is 0. The van der Waals surface area contributed by atoms with Crippen molar-refractivity contribution >= 4 is 5.78 Å². The predicted octanol–water partition coefficient (Wildman–Crippen LogP) is 5.30. The minimum absolute atomic E-state index is 0.190. The Bertz CT molecular complexity index is 220. The van der Waals surface area contributed by atoms with Crippen molar-refractivity contribution < 1.29 is 4.79 Å². The van der Waals surface area contributed by atoms with Crippen molar-refractivity contribution in [2.24, 2.45) is 5.41 Å². The van der Waals surface area contributed by atoms with E-state index in [-0.39, 0.29) is 5.41 Å². The van der Waals surface area contributed by atoms with Crippen LogP contribution in [0, 0.1) is 5.41 Å². The number of ketones is 1. The Morgan fingerprint density at radius 3 is 2.12 bits per heavy atom. The number of carbonyl (C=O) groups excluding carboxylic acids is 1. The highest BCUT2D eigenvalue weighted by Crippen LogP contribution is 2.17. The third-order valence-electron chi connectivity index (χ3n) is 3.03. The summed E-state index contributed by atoms with van der Waals surface area (Å²) in [7, 11) is 0. The van der Waals surface area contributed by atoms with E-state index in [1.54, 1.807) is 0 Å². The Morgan fingerprint density at radius 2 is 1.53 bits per heavy atom. The van der Waals surface area contributed by atoms with Crippen LogP contribution >= 0.6 is 0 Å². The molecule has 0 aliphatic heterocycles. The largest absolute Gasteiger partial charge is 0.299 e. The first-order chi connectivity index (χ1) is 7.98. The molecule has 0 bridgehead atoms. The van der Waals surface area contributed by atoms with Crippen molar-refractivity contribution in [2.75, 3.05) is 0 Å². The van der Waals surface area contributed by atoms with E-state index in [2.05, 4.69) is 13.0 Å². The summed E-state index contributed by atoms with van der Waals surface area (Å²) in [5.74, 6) is 0.330. The van der Waals surface area contributed by atoms with E-state index in [0.29, 0.717) is 12.2 Å². The highest BCUT2D eigenvalue weighted by Gasteiger charge is 2.18. The third kappa shape index (κ3) is 10.3. The molecule has 0 aliphatic carbocycles. The van der Waals surface area contributed by atoms with E-state index in [0.717, 1.165) is 6.42 Å². The maximum atomic E-state index is 11.6. The van der Waals surface area contributed by atoms with Gasteiger partial charge >= 0.3 is 0 Å². The minimum atomic E-state index is -0.190. The fraction of sp³-hybridized carbons (Fsp3) is 0.812. The van der Waals surface area contributed by atoms with E-state index >= 15 is 0 Å². The molecule has 0 saturated heterocycles. The summed E-state index contributed by atoms with van der Waals surface area (Å²) in [5, 5.41) is 0. The molecule has 0 fully saturated rings. The molecule has 0 aromatic rings. The van der Waals surface area contributed by atoms with Crippen LogP contribution in [-0.4, -0.2) is 5.78 Å². The number of Topliss-reactive ketones (excluding diaryl/α,β-unsaturated/α-hetero) is 1. The van der Waals surface area contributed by atoms with Crippen molar-refractivity contribution in [3.05, 3.63) is 12.2 Å². The van der Waals surface area contributed by atoms with Crippen LogP contribution in [0.4, 0.5) is 0 Å². The monoisotopic (exact) mass is 238 g/mol. The summed E-state index contributed by atoms with van der Waals surface area (Å²) in [6.07, 6.45) is 14.0. The van der Waals surface area contributed by atoms with Gasteiger partial charge in [0, 0.05) is 11.8 Å². The molecule has 17 heavy (non-hydrogen) atoms. The predicted molar refractivity (Wildman–Crippen MR) is 76.2 cm³/mol. The number of rotatable bonds is 9. The lowest BCUT2D eigenvalue weighted by Crippen LogP contribution is -2.18. The molecule has 0 radical (unpaired) electrons. The second kappa shape index (κ2) is 9.44. The lowest BCUT2D eigenvalue weighted by Gasteiger charge is -2.14. The van der Waals surface area contributed by atoms with Gasteiger partial charge in [-0.05, 0) is 12.8 Å². The van der Waals surface area contributed by atoms with Gasteiger partial charge in [0.2, 0.25) is 0 Å². The first-order valence-electron chi connectivity index (χ1n) is 7.16. The number of hydrogen-bond acceptors (Lipinski definition) is 1. The van der Waals surface area contributed by atoms with Crippen LogP contribution in [0.3, 0.4) is 0 Å². The SMILES string of the molecule is CCCCCCCC/C=C/CC(=O)C(C)(C)C. The Hall–Kier alpha value is -0.590. The average Bonchev–Trinajstić information content (AvgIpc) is 2.25. The van der Waals surface area contributed by atoms with Gasteiger partial charge in [0.25, 0.3) is 0 Å². The lowest BCUT2D eigenvalue weighted by atomic mass is 9.89. The molecule has 0 spiro atoms. The molecule has 0 heterocycles. The van der Waals surface area contributed by atoms with Gasteiger partial charge < -0.3 is 0 Å². The van der Waals surface area contributed by atoms with Gasteiger partial charge in [-0.25, -0.2) is 0 Å². The molecule has 0 saturated carbocycles. The molecule has 0 aliphatic rings. The van der Waals surface area contributed by atoms with Crippen LogP contribution in [0.15, 0.2) is 12.2 Å². The normalized spacial score (nSPS) is 12.2. The highest BCUT2D eigenvalue weighted by atomic mass is 16.1. The van der Waals surface area contributed by atoms with Gasteiger partial charge in [0.05, 0.1) is 0 Å². The molecule has 1 heteroatoms. The molecule has 0 aromatic carbocycles. The zero-order valence-corrected chi connectivity index (χ0v) is 12.2. The van der Waals surface area contributed by atoms with Crippen molar-refractivity contribution in [3.8, 4) is 0 Å². The van der Waals surface area contributed by atoms with Crippen LogP contribution < -0.4 is 0 Å². The Morgan fingerprint density at radius 1 is 0.941 bits per heavy atom. The van der Waals surface area contributed by atoms with Gasteiger partial charge in [-0.2, -0.15) is 0 Å². The van der Waals surface area contributed by atoms with E-state index in [1.165, 1.54) is 38.5 Å². The Balaban J connectivity index is 3.40. The van der Waals surface area contributed by atoms with Crippen LogP contribution in [0.25, 0.3) is 0 Å². The second-order valence-electron chi connectivity index (χ2n) is 5.91. The summed E-state index contributed by atoms with van der Waals surface area (Å²) in [5.41, 5.74) is -0.190. The van der Waals surface area contributed by atoms with E-state index < -0.39 is 0 Å². The second-order valence-corrected chi connectivity index (χ2v) is 5.91. The van der Waals surface area contributed by atoms with E-state index in [4.69, 9.17) is 0 Å². The lowest BCUT2D eigenvalue weighted by molar-refractivity contribution is -0.125. The highest BCUT2D eigenvalue weighted by molar-refractivity contribution is 5.84. The number of allylic oxidation sites excluding steroid dienone is 2. The first kappa shape index (κ1) is 16.4. The summed E-state index contributed by atoms with van der Waals surface area (Å²) in [4.78, 5) is 11.6. The number of unbranched alkanes of at least 4 members (excludes halogenated alkanes) is 6. The molecule has 0 amide bonds. The maximum Gasteiger partial charge on any atom is 0.141 e. The smallest absolute Gasteiger partial charge is 0.141 e. The van der Waals surface area contributed by atoms with Gasteiger partial charge in [0.15, 0.2) is 0 Å². The molecule has 0 N–H and O–H groups in total. The maximum absolute atomic E-state index is 11.6. The molecule has 1 nitrogen and oxygen atoms in total. The van der Waals surface area contributed by atoms with E-state index in [9.17, 15) is 4.79 Å². The van der Waals surface area contributed by atoms with Crippen molar-refractivity contribution in [1.82, 2.24) is 0 Å². The van der Waals surface area contributed by atoms with Gasteiger partial charge in [-0.3, -0.25) is 4.79 Å². The first-order valence-corrected chi connectivity index (χ1v) is 7.16. The van der Waals surface area contributed by atoms with Gasteiger partial charge in [-0.15, -0.1) is 0 Å². The zero-order chi connectivity index (χ0) is 13.1. The van der Waals surface area contributed by atoms with E-state index in [1.807, 2.05) is 26.8 Å². The van der Waals surface area contributed by atoms with Gasteiger partial charge in [0.1, 0.15) is 5.78 Å². The number of carbonyl (C=O) groups is 1. The van der Waals surface area contributed by atoms with Crippen LogP contribution in [0.2, 0.25) is 0 Å². The van der Waals surface area contributed by atoms with Crippen LogP contribution in [0.5, 0.6) is 0 Å². The average molecular weight is 238 g/mol. The summed E-state index contributed by atoms with van der Waals surface area (Å²) in [6, 6.07) is 0.